The fourth-order valence-corrected chi connectivity index (χ4v) is 5.47. The first-order valence-electron chi connectivity index (χ1n) is 13.7. The lowest BCUT2D eigenvalue weighted by atomic mass is 9.86. The Hall–Kier alpha value is -3.37. The van der Waals surface area contributed by atoms with E-state index < -0.39 is 0 Å². The zero-order valence-electron chi connectivity index (χ0n) is 23.8. The Bertz CT molecular complexity index is 1460. The average molecular weight is 544 g/mol. The highest BCUT2D eigenvalue weighted by molar-refractivity contribution is 6.31. The van der Waals surface area contributed by atoms with Crippen molar-refractivity contribution in [3.63, 3.8) is 0 Å². The molecule has 0 fully saturated rings. The summed E-state index contributed by atoms with van der Waals surface area (Å²) < 4.78 is 6.99. The zero-order valence-corrected chi connectivity index (χ0v) is 24.5. The molecule has 0 radical (unpaired) electrons. The molecule has 1 aromatic heterocycles. The topological polar surface area (TPSA) is 48.3 Å². The third-order valence-corrected chi connectivity index (χ3v) is 7.80. The third kappa shape index (κ3) is 6.28. The van der Waals surface area contributed by atoms with Gasteiger partial charge in [0, 0.05) is 21.8 Å². The summed E-state index contributed by atoms with van der Waals surface area (Å²) in [5.41, 5.74) is 5.71. The highest BCUT2D eigenvalue weighted by atomic mass is 35.5. The largest absolute Gasteiger partial charge is 0.465 e. The second kappa shape index (κ2) is 11.8. The minimum Gasteiger partial charge on any atom is -0.465 e. The molecule has 0 aliphatic rings. The molecular formula is C34H38ClNO3. The summed E-state index contributed by atoms with van der Waals surface area (Å²) in [6.07, 6.45) is 2.27. The van der Waals surface area contributed by atoms with Gasteiger partial charge in [-0.15, -0.1) is 0 Å². The van der Waals surface area contributed by atoms with Crippen LogP contribution >= 0.6 is 11.6 Å². The minimum atomic E-state index is -0.365. The van der Waals surface area contributed by atoms with Crippen LogP contribution in [0.3, 0.4) is 0 Å². The fraction of sp³-hybridized carbons (Fsp3) is 0.353. The minimum absolute atomic E-state index is 0.0433. The molecule has 0 aliphatic heterocycles. The fourth-order valence-electron chi connectivity index (χ4n) is 5.29. The molecule has 3 aromatic carbocycles. The summed E-state index contributed by atoms with van der Waals surface area (Å²) in [5.74, 6) is -0.428. The number of carbonyl (C=O) groups is 2. The molecule has 0 bridgehead atoms. The molecule has 4 rings (SSSR count). The highest BCUT2D eigenvalue weighted by Gasteiger charge is 2.27. The van der Waals surface area contributed by atoms with E-state index in [0.29, 0.717) is 22.7 Å². The molecule has 204 valence electrons. The summed E-state index contributed by atoms with van der Waals surface area (Å²) in [6, 6.07) is 23.8. The molecule has 2 atom stereocenters. The normalized spacial score (nSPS) is 13.3. The van der Waals surface area contributed by atoms with Crippen LogP contribution in [0.1, 0.15) is 91.0 Å². The summed E-state index contributed by atoms with van der Waals surface area (Å²) in [4.78, 5) is 26.1. The number of hydrogen-bond donors (Lipinski definition) is 0. The number of halogens is 1. The SMILES string of the molecule is CCC[C@H](Cc1ccc(C(=O)OC)cc1)C(=O)c1cc2cc(Cl)ccc2n1[C@H](C)c1ccc(C(C)(C)C)cc1. The number of hydrogen-bond acceptors (Lipinski definition) is 3. The van der Waals surface area contributed by atoms with Crippen molar-refractivity contribution in [1.29, 1.82) is 0 Å². The van der Waals surface area contributed by atoms with Crippen LogP contribution in [0, 0.1) is 5.92 Å². The van der Waals surface area contributed by atoms with Gasteiger partial charge in [0.05, 0.1) is 24.4 Å². The number of methoxy groups -OCH3 is 1. The van der Waals surface area contributed by atoms with Crippen molar-refractivity contribution in [2.45, 2.75) is 65.3 Å². The summed E-state index contributed by atoms with van der Waals surface area (Å²) >= 11 is 6.35. The number of rotatable bonds is 9. The van der Waals surface area contributed by atoms with Crippen LogP contribution in [-0.2, 0) is 16.6 Å². The number of fused-ring (bicyclic) bond motifs is 1. The first-order valence-corrected chi connectivity index (χ1v) is 14.0. The van der Waals surface area contributed by atoms with Crippen LogP contribution in [0.4, 0.5) is 0 Å². The van der Waals surface area contributed by atoms with E-state index in [1.807, 2.05) is 36.4 Å². The maximum absolute atomic E-state index is 14.2. The molecule has 39 heavy (non-hydrogen) atoms. The van der Waals surface area contributed by atoms with Crippen LogP contribution in [0.5, 0.6) is 0 Å². The van der Waals surface area contributed by atoms with Crippen LogP contribution in [0.2, 0.25) is 5.02 Å². The van der Waals surface area contributed by atoms with Gasteiger partial charge in [-0.2, -0.15) is 0 Å². The van der Waals surface area contributed by atoms with E-state index in [1.54, 1.807) is 12.1 Å². The average Bonchev–Trinajstić information content (AvgIpc) is 3.30. The molecule has 0 N–H and O–H groups in total. The van der Waals surface area contributed by atoms with Gasteiger partial charge < -0.3 is 9.30 Å². The Morgan fingerprint density at radius 1 is 0.949 bits per heavy atom. The number of ether oxygens (including phenoxy) is 1. The predicted octanol–water partition coefficient (Wildman–Crippen LogP) is 8.83. The standard InChI is InChI=1S/C34H38ClNO3/c1-7-8-26(19-23-9-11-25(12-10-23)33(38)39-6)32(37)31-21-27-20-29(35)17-18-30(27)36(31)22(2)24-13-15-28(16-14-24)34(3,4)5/h9-18,20-22,26H,7-8,19H2,1-6H3/t22-,26-/m1/s1. The second-order valence-electron chi connectivity index (χ2n) is 11.4. The first-order chi connectivity index (χ1) is 18.5. The molecule has 0 spiro atoms. The van der Waals surface area contributed by atoms with Gasteiger partial charge in [-0.1, -0.05) is 82.1 Å². The summed E-state index contributed by atoms with van der Waals surface area (Å²) in [5, 5.41) is 1.61. The van der Waals surface area contributed by atoms with Crippen LogP contribution < -0.4 is 0 Å². The molecule has 0 saturated carbocycles. The predicted molar refractivity (Wildman–Crippen MR) is 160 cm³/mol. The van der Waals surface area contributed by atoms with Crippen LogP contribution in [0.25, 0.3) is 10.9 Å². The summed E-state index contributed by atoms with van der Waals surface area (Å²) in [7, 11) is 1.37. The molecule has 4 aromatic rings. The van der Waals surface area contributed by atoms with Crippen molar-refractivity contribution >= 4 is 34.3 Å². The van der Waals surface area contributed by atoms with Gasteiger partial charge in [0.2, 0.25) is 0 Å². The van der Waals surface area contributed by atoms with Crippen molar-refractivity contribution in [3.8, 4) is 0 Å². The van der Waals surface area contributed by atoms with Gasteiger partial charge in [0.1, 0.15) is 0 Å². The lowest BCUT2D eigenvalue weighted by Gasteiger charge is -2.23. The number of nitrogens with zero attached hydrogens (tertiary/aromatic N) is 1. The monoisotopic (exact) mass is 543 g/mol. The maximum Gasteiger partial charge on any atom is 0.337 e. The van der Waals surface area contributed by atoms with E-state index in [2.05, 4.69) is 63.5 Å². The van der Waals surface area contributed by atoms with Gasteiger partial charge in [0.25, 0.3) is 0 Å². The second-order valence-corrected chi connectivity index (χ2v) is 11.8. The first kappa shape index (κ1) is 28.6. The van der Waals surface area contributed by atoms with Crippen LogP contribution in [-0.4, -0.2) is 23.4 Å². The van der Waals surface area contributed by atoms with Crippen molar-refractivity contribution in [2.24, 2.45) is 5.92 Å². The number of aromatic nitrogens is 1. The van der Waals surface area contributed by atoms with Gasteiger partial charge in [0.15, 0.2) is 5.78 Å². The quantitative estimate of drug-likeness (QED) is 0.156. The molecule has 4 nitrogen and oxygen atoms in total. The van der Waals surface area contributed by atoms with Crippen molar-refractivity contribution in [2.75, 3.05) is 7.11 Å². The number of benzene rings is 3. The van der Waals surface area contributed by atoms with E-state index in [1.165, 1.54) is 12.7 Å². The van der Waals surface area contributed by atoms with Crippen LogP contribution in [0.15, 0.2) is 72.8 Å². The lowest BCUT2D eigenvalue weighted by Crippen LogP contribution is -2.22. The Morgan fingerprint density at radius 2 is 1.62 bits per heavy atom. The smallest absolute Gasteiger partial charge is 0.337 e. The maximum atomic E-state index is 14.2. The molecule has 0 saturated heterocycles. The highest BCUT2D eigenvalue weighted by Crippen LogP contribution is 2.33. The molecule has 0 aliphatic carbocycles. The molecule has 1 heterocycles. The van der Waals surface area contributed by atoms with Crippen molar-refractivity contribution in [3.05, 3.63) is 106 Å². The molecule has 5 heteroatoms. The number of ketones is 1. The number of esters is 1. The van der Waals surface area contributed by atoms with Crippen molar-refractivity contribution < 1.29 is 14.3 Å². The van der Waals surface area contributed by atoms with Gasteiger partial charge in [-0.05, 0) is 78.3 Å². The van der Waals surface area contributed by atoms with E-state index >= 15 is 0 Å². The van der Waals surface area contributed by atoms with Gasteiger partial charge in [-0.25, -0.2) is 4.79 Å². The Morgan fingerprint density at radius 3 is 2.21 bits per heavy atom. The third-order valence-electron chi connectivity index (χ3n) is 7.56. The van der Waals surface area contributed by atoms with Gasteiger partial charge in [-0.3, -0.25) is 4.79 Å². The zero-order chi connectivity index (χ0) is 28.3. The van der Waals surface area contributed by atoms with Crippen molar-refractivity contribution in [1.82, 2.24) is 4.57 Å². The van der Waals surface area contributed by atoms with E-state index in [4.69, 9.17) is 16.3 Å². The lowest BCUT2D eigenvalue weighted by molar-refractivity contribution is 0.0600. The Kier molecular flexibility index (Phi) is 8.66. The number of Topliss-reactive ketones (excluding diaryl/α,β-unsaturated/α-hetero) is 1. The molecule has 0 amide bonds. The van der Waals surface area contributed by atoms with E-state index in [0.717, 1.165) is 34.9 Å². The Balaban J connectivity index is 1.73. The molecule has 0 unspecified atom stereocenters. The number of carbonyl (C=O) groups excluding carboxylic acids is 2. The van der Waals surface area contributed by atoms with E-state index in [9.17, 15) is 9.59 Å². The molecular weight excluding hydrogens is 506 g/mol. The summed E-state index contributed by atoms with van der Waals surface area (Å²) in [6.45, 7) is 10.9. The van der Waals surface area contributed by atoms with E-state index in [-0.39, 0.29) is 29.1 Å². The van der Waals surface area contributed by atoms with Gasteiger partial charge >= 0.3 is 5.97 Å². The Labute approximate surface area is 236 Å².